The van der Waals surface area contributed by atoms with E-state index in [9.17, 15) is 14.4 Å². The SMILES string of the molecule is COc1cc(C(=O)OCC(=O)NCC(N)=O)cc(Cl)c1OCCC(C)C. The number of halogens is 1. The summed E-state index contributed by atoms with van der Waals surface area (Å²) in [6.07, 6.45) is 0.837. The number of nitrogens with two attached hydrogens (primary N) is 1. The van der Waals surface area contributed by atoms with E-state index in [0.717, 1.165) is 6.42 Å². The molecule has 0 bridgehead atoms. The molecule has 2 amide bonds. The lowest BCUT2D eigenvalue weighted by Crippen LogP contribution is -2.35. The van der Waals surface area contributed by atoms with Crippen molar-refractivity contribution in [1.82, 2.24) is 5.32 Å². The van der Waals surface area contributed by atoms with Crippen molar-refractivity contribution in [2.24, 2.45) is 11.7 Å². The summed E-state index contributed by atoms with van der Waals surface area (Å²) < 4.78 is 15.7. The van der Waals surface area contributed by atoms with Crippen molar-refractivity contribution in [3.05, 3.63) is 22.7 Å². The molecule has 0 heterocycles. The molecule has 144 valence electrons. The Labute approximate surface area is 156 Å². The quantitative estimate of drug-likeness (QED) is 0.589. The van der Waals surface area contributed by atoms with Crippen LogP contribution in [-0.4, -0.2) is 44.7 Å². The van der Waals surface area contributed by atoms with Crippen LogP contribution in [0.5, 0.6) is 11.5 Å². The number of primary amides is 1. The highest BCUT2D eigenvalue weighted by molar-refractivity contribution is 6.32. The number of benzene rings is 1. The molecule has 0 saturated carbocycles. The number of rotatable bonds is 10. The number of carbonyl (C=O) groups excluding carboxylic acids is 3. The molecule has 0 atom stereocenters. The van der Waals surface area contributed by atoms with Crippen molar-refractivity contribution in [3.63, 3.8) is 0 Å². The van der Waals surface area contributed by atoms with E-state index in [1.165, 1.54) is 19.2 Å². The van der Waals surface area contributed by atoms with Crippen molar-refractivity contribution >= 4 is 29.4 Å². The van der Waals surface area contributed by atoms with E-state index < -0.39 is 24.4 Å². The van der Waals surface area contributed by atoms with Gasteiger partial charge in [-0.15, -0.1) is 0 Å². The van der Waals surface area contributed by atoms with Crippen molar-refractivity contribution in [1.29, 1.82) is 0 Å². The summed E-state index contributed by atoms with van der Waals surface area (Å²) in [7, 11) is 1.42. The van der Waals surface area contributed by atoms with Gasteiger partial charge in [0.1, 0.15) is 0 Å². The molecule has 0 radical (unpaired) electrons. The predicted octanol–water partition coefficient (Wildman–Crippen LogP) is 1.53. The Morgan fingerprint density at radius 2 is 1.96 bits per heavy atom. The summed E-state index contributed by atoms with van der Waals surface area (Å²) in [4.78, 5) is 34.1. The zero-order chi connectivity index (χ0) is 19.7. The number of nitrogens with one attached hydrogen (secondary N) is 1. The van der Waals surface area contributed by atoms with Crippen molar-refractivity contribution < 1.29 is 28.6 Å². The van der Waals surface area contributed by atoms with Crippen LogP contribution in [-0.2, 0) is 14.3 Å². The largest absolute Gasteiger partial charge is 0.493 e. The van der Waals surface area contributed by atoms with Gasteiger partial charge in [0.05, 0.1) is 30.8 Å². The second-order valence-electron chi connectivity index (χ2n) is 5.84. The Morgan fingerprint density at radius 1 is 1.27 bits per heavy atom. The number of ether oxygens (including phenoxy) is 3. The highest BCUT2D eigenvalue weighted by Crippen LogP contribution is 2.36. The number of methoxy groups -OCH3 is 1. The van der Waals surface area contributed by atoms with Crippen LogP contribution in [0.2, 0.25) is 5.02 Å². The van der Waals surface area contributed by atoms with Gasteiger partial charge < -0.3 is 25.3 Å². The second-order valence-corrected chi connectivity index (χ2v) is 6.25. The molecule has 1 aromatic carbocycles. The lowest BCUT2D eigenvalue weighted by Gasteiger charge is -2.14. The minimum Gasteiger partial charge on any atom is -0.493 e. The molecule has 0 aromatic heterocycles. The molecule has 1 rings (SSSR count). The van der Waals surface area contributed by atoms with E-state index >= 15 is 0 Å². The summed E-state index contributed by atoms with van der Waals surface area (Å²) in [5.41, 5.74) is 5.00. The molecule has 0 aliphatic carbocycles. The fourth-order valence-electron chi connectivity index (χ4n) is 1.83. The summed E-state index contributed by atoms with van der Waals surface area (Å²) in [6.45, 7) is 3.70. The third-order valence-electron chi connectivity index (χ3n) is 3.20. The van der Waals surface area contributed by atoms with E-state index in [0.29, 0.717) is 18.3 Å². The van der Waals surface area contributed by atoms with Crippen molar-refractivity contribution in [2.75, 3.05) is 26.9 Å². The summed E-state index contributed by atoms with van der Waals surface area (Å²) in [6, 6.07) is 2.79. The second kappa shape index (κ2) is 10.5. The van der Waals surface area contributed by atoms with Crippen molar-refractivity contribution in [3.8, 4) is 11.5 Å². The molecule has 0 fully saturated rings. The summed E-state index contributed by atoms with van der Waals surface area (Å²) >= 11 is 6.18. The first-order chi connectivity index (χ1) is 12.2. The van der Waals surface area contributed by atoms with Gasteiger partial charge in [0.15, 0.2) is 18.1 Å². The van der Waals surface area contributed by atoms with Crippen LogP contribution in [0.25, 0.3) is 0 Å². The smallest absolute Gasteiger partial charge is 0.338 e. The monoisotopic (exact) mass is 386 g/mol. The predicted molar refractivity (Wildman–Crippen MR) is 95.4 cm³/mol. The summed E-state index contributed by atoms with van der Waals surface area (Å²) in [5, 5.41) is 2.40. The zero-order valence-electron chi connectivity index (χ0n) is 15.0. The molecule has 0 unspecified atom stereocenters. The zero-order valence-corrected chi connectivity index (χ0v) is 15.7. The van der Waals surface area contributed by atoms with Gasteiger partial charge in [0, 0.05) is 0 Å². The molecular weight excluding hydrogens is 364 g/mol. The van der Waals surface area contributed by atoms with Crippen LogP contribution in [0.4, 0.5) is 0 Å². The third kappa shape index (κ3) is 7.18. The minimum atomic E-state index is -0.770. The Balaban J connectivity index is 2.74. The standard InChI is InChI=1S/C17H23ClN2O6/c1-10(2)4-5-25-16-12(18)6-11(7-13(16)24-3)17(23)26-9-15(22)20-8-14(19)21/h6-7,10H,4-5,8-9H2,1-3H3,(H2,19,21)(H,20,22). The first-order valence-corrected chi connectivity index (χ1v) is 8.34. The fourth-order valence-corrected chi connectivity index (χ4v) is 2.09. The highest BCUT2D eigenvalue weighted by Gasteiger charge is 2.18. The van der Waals surface area contributed by atoms with Crippen LogP contribution >= 0.6 is 11.6 Å². The number of carbonyl (C=O) groups is 3. The number of amides is 2. The van der Waals surface area contributed by atoms with Crippen LogP contribution < -0.4 is 20.5 Å². The number of hydrogen-bond donors (Lipinski definition) is 2. The molecule has 8 nitrogen and oxygen atoms in total. The van der Waals surface area contributed by atoms with Gasteiger partial charge in [-0.1, -0.05) is 25.4 Å². The first-order valence-electron chi connectivity index (χ1n) is 7.97. The normalized spacial score (nSPS) is 10.3. The summed E-state index contributed by atoms with van der Waals surface area (Å²) in [5.74, 6) is -1.03. The van der Waals surface area contributed by atoms with E-state index in [2.05, 4.69) is 19.2 Å². The maximum atomic E-state index is 12.1. The van der Waals surface area contributed by atoms with Crippen molar-refractivity contribution in [2.45, 2.75) is 20.3 Å². The lowest BCUT2D eigenvalue weighted by atomic mass is 10.1. The van der Waals surface area contributed by atoms with E-state index in [4.69, 9.17) is 31.5 Å². The molecular formula is C17H23ClN2O6. The van der Waals surface area contributed by atoms with E-state index in [-0.39, 0.29) is 22.9 Å². The van der Waals surface area contributed by atoms with Crippen LogP contribution in [0.3, 0.4) is 0 Å². The van der Waals surface area contributed by atoms with E-state index in [1.54, 1.807) is 0 Å². The van der Waals surface area contributed by atoms with E-state index in [1.807, 2.05) is 0 Å². The maximum absolute atomic E-state index is 12.1. The average Bonchev–Trinajstić information content (AvgIpc) is 2.58. The topological polar surface area (TPSA) is 117 Å². The number of hydrogen-bond acceptors (Lipinski definition) is 6. The maximum Gasteiger partial charge on any atom is 0.338 e. The van der Waals surface area contributed by atoms with Gasteiger partial charge in [-0.3, -0.25) is 9.59 Å². The minimum absolute atomic E-state index is 0.103. The molecule has 1 aromatic rings. The first kappa shape index (κ1) is 21.6. The average molecular weight is 387 g/mol. The molecule has 9 heteroatoms. The highest BCUT2D eigenvalue weighted by atomic mass is 35.5. The third-order valence-corrected chi connectivity index (χ3v) is 3.48. The molecule has 0 aliphatic rings. The molecule has 26 heavy (non-hydrogen) atoms. The Morgan fingerprint density at radius 3 is 2.54 bits per heavy atom. The van der Waals surface area contributed by atoms with Gasteiger partial charge >= 0.3 is 5.97 Å². The van der Waals surface area contributed by atoms with Crippen LogP contribution in [0, 0.1) is 5.92 Å². The number of esters is 1. The van der Waals surface area contributed by atoms with Gasteiger partial charge in [-0.2, -0.15) is 0 Å². The lowest BCUT2D eigenvalue weighted by molar-refractivity contribution is -0.127. The van der Waals surface area contributed by atoms with Gasteiger partial charge in [0.25, 0.3) is 5.91 Å². The Bertz CT molecular complexity index is 663. The molecule has 3 N–H and O–H groups in total. The van der Waals surface area contributed by atoms with Gasteiger partial charge in [-0.05, 0) is 24.5 Å². The Hall–Kier alpha value is -2.48. The fraction of sp³-hybridized carbons (Fsp3) is 0.471. The molecule has 0 saturated heterocycles. The Kier molecular flexibility index (Phi) is 8.71. The van der Waals surface area contributed by atoms with Crippen LogP contribution in [0.1, 0.15) is 30.6 Å². The molecule has 0 aliphatic heterocycles. The van der Waals surface area contributed by atoms with Crippen LogP contribution in [0.15, 0.2) is 12.1 Å². The van der Waals surface area contributed by atoms with Gasteiger partial charge in [-0.25, -0.2) is 4.79 Å². The van der Waals surface area contributed by atoms with Gasteiger partial charge in [0.2, 0.25) is 5.91 Å². The molecule has 0 spiro atoms.